The van der Waals surface area contributed by atoms with E-state index in [9.17, 15) is 19.7 Å². The lowest BCUT2D eigenvalue weighted by atomic mass is 9.75. The highest BCUT2D eigenvalue weighted by atomic mass is 16.6. The van der Waals surface area contributed by atoms with Gasteiger partial charge in [0.25, 0.3) is 11.6 Å². The van der Waals surface area contributed by atoms with Gasteiger partial charge in [0, 0.05) is 24.2 Å². The number of benzene rings is 2. The van der Waals surface area contributed by atoms with Gasteiger partial charge in [0.1, 0.15) is 5.54 Å². The molecule has 0 radical (unpaired) electrons. The summed E-state index contributed by atoms with van der Waals surface area (Å²) >= 11 is 0. The molecule has 7 nitrogen and oxygen atoms in total. The van der Waals surface area contributed by atoms with Crippen molar-refractivity contribution < 1.29 is 19.2 Å². The Morgan fingerprint density at radius 3 is 2.37 bits per heavy atom. The fourth-order valence-electron chi connectivity index (χ4n) is 3.89. The summed E-state index contributed by atoms with van der Waals surface area (Å²) in [5, 5.41) is 10.8. The fourth-order valence-corrected chi connectivity index (χ4v) is 3.89. The van der Waals surface area contributed by atoms with Crippen molar-refractivity contribution in [3.8, 4) is 11.1 Å². The van der Waals surface area contributed by atoms with E-state index in [1.165, 1.54) is 19.2 Å². The minimum atomic E-state index is -0.849. The minimum absolute atomic E-state index is 0.0205. The van der Waals surface area contributed by atoms with E-state index in [1.807, 2.05) is 12.1 Å². The largest absolute Gasteiger partial charge is 0.467 e. The third-order valence-corrected chi connectivity index (χ3v) is 5.59. The van der Waals surface area contributed by atoms with E-state index >= 15 is 0 Å². The Kier molecular flexibility index (Phi) is 3.95. The average molecular weight is 366 g/mol. The van der Waals surface area contributed by atoms with Crippen molar-refractivity contribution in [2.24, 2.45) is 0 Å². The molecule has 1 amide bonds. The predicted molar refractivity (Wildman–Crippen MR) is 97.0 cm³/mol. The first-order valence-electron chi connectivity index (χ1n) is 8.74. The quantitative estimate of drug-likeness (QED) is 0.470. The number of nitro benzene ring substituents is 1. The highest BCUT2D eigenvalue weighted by molar-refractivity contribution is 6.03. The molecule has 0 saturated heterocycles. The molecule has 1 aliphatic carbocycles. The third-order valence-electron chi connectivity index (χ3n) is 5.59. The molecule has 1 fully saturated rings. The lowest BCUT2D eigenvalue weighted by Gasteiger charge is -2.45. The molecule has 0 spiro atoms. The number of non-ortho nitro benzene ring substituents is 1. The van der Waals surface area contributed by atoms with Gasteiger partial charge in [0.15, 0.2) is 0 Å². The smallest absolute Gasteiger partial charge is 0.331 e. The number of carbonyl (C=O) groups excluding carboxylic acids is 2. The molecule has 0 N–H and O–H groups in total. The summed E-state index contributed by atoms with van der Waals surface area (Å²) in [6, 6.07) is 11.8. The van der Waals surface area contributed by atoms with Crippen LogP contribution < -0.4 is 0 Å². The van der Waals surface area contributed by atoms with Crippen molar-refractivity contribution in [3.63, 3.8) is 0 Å². The number of fused-ring (bicyclic) bond motifs is 1. The Morgan fingerprint density at radius 1 is 1.15 bits per heavy atom. The van der Waals surface area contributed by atoms with Gasteiger partial charge in [-0.1, -0.05) is 12.1 Å². The first kappa shape index (κ1) is 17.2. The zero-order chi connectivity index (χ0) is 19.2. The van der Waals surface area contributed by atoms with Gasteiger partial charge in [0.05, 0.1) is 12.0 Å². The van der Waals surface area contributed by atoms with Crippen LogP contribution in [0.25, 0.3) is 11.1 Å². The second kappa shape index (κ2) is 6.19. The third kappa shape index (κ3) is 2.58. The summed E-state index contributed by atoms with van der Waals surface area (Å²) in [5.74, 6) is -0.524. The van der Waals surface area contributed by atoms with Crippen LogP contribution in [0.2, 0.25) is 0 Å². The van der Waals surface area contributed by atoms with Gasteiger partial charge in [-0.25, -0.2) is 4.79 Å². The standard InChI is InChI=1S/C20H18N2O5/c1-27-19(24)20(9-2-10-20)21-12-15-4-3-14(11-17(15)18(21)23)13-5-7-16(8-6-13)22(25)26/h3-8,11H,2,9-10,12H2,1H3. The molecule has 1 saturated carbocycles. The van der Waals surface area contributed by atoms with Crippen molar-refractivity contribution in [2.45, 2.75) is 31.3 Å². The molecule has 7 heteroatoms. The average Bonchev–Trinajstić information content (AvgIpc) is 2.97. The molecule has 27 heavy (non-hydrogen) atoms. The van der Waals surface area contributed by atoms with Crippen molar-refractivity contribution >= 4 is 17.6 Å². The second-order valence-corrected chi connectivity index (χ2v) is 6.94. The maximum atomic E-state index is 13.0. The minimum Gasteiger partial charge on any atom is -0.467 e. The Labute approximate surface area is 155 Å². The Balaban J connectivity index is 1.65. The Bertz CT molecular complexity index is 947. The zero-order valence-electron chi connectivity index (χ0n) is 14.8. The normalized spacial score (nSPS) is 17.2. The van der Waals surface area contributed by atoms with Crippen LogP contribution >= 0.6 is 0 Å². The summed E-state index contributed by atoms with van der Waals surface area (Å²) in [4.78, 5) is 37.3. The maximum absolute atomic E-state index is 13.0. The van der Waals surface area contributed by atoms with Crippen molar-refractivity contribution in [2.75, 3.05) is 7.11 Å². The molecule has 0 unspecified atom stereocenters. The summed E-state index contributed by atoms with van der Waals surface area (Å²) < 4.78 is 4.95. The predicted octanol–water partition coefficient (Wildman–Crippen LogP) is 3.31. The molecule has 0 atom stereocenters. The molecule has 1 heterocycles. The van der Waals surface area contributed by atoms with Crippen molar-refractivity contribution in [3.05, 3.63) is 63.7 Å². The van der Waals surface area contributed by atoms with Crippen LogP contribution in [0.1, 0.15) is 35.2 Å². The van der Waals surface area contributed by atoms with E-state index in [-0.39, 0.29) is 17.6 Å². The van der Waals surface area contributed by atoms with Gasteiger partial charge >= 0.3 is 5.97 Å². The van der Waals surface area contributed by atoms with E-state index in [0.29, 0.717) is 24.9 Å². The number of nitro groups is 1. The number of hydrogen-bond donors (Lipinski definition) is 0. The van der Waals surface area contributed by atoms with Crippen LogP contribution in [0.5, 0.6) is 0 Å². The SMILES string of the molecule is COC(=O)C1(N2Cc3ccc(-c4ccc([N+](=O)[O-])cc4)cc3C2=O)CCC1. The molecular formula is C20H18N2O5. The Morgan fingerprint density at radius 2 is 1.81 bits per heavy atom. The van der Waals surface area contributed by atoms with E-state index in [2.05, 4.69) is 0 Å². The number of ether oxygens (including phenoxy) is 1. The molecule has 0 bridgehead atoms. The van der Waals surface area contributed by atoms with Gasteiger partial charge in [-0.2, -0.15) is 0 Å². The van der Waals surface area contributed by atoms with Gasteiger partial charge in [-0.15, -0.1) is 0 Å². The summed E-state index contributed by atoms with van der Waals surface area (Å²) in [6.07, 6.45) is 2.13. The van der Waals surface area contributed by atoms with E-state index in [4.69, 9.17) is 4.74 Å². The highest BCUT2D eigenvalue weighted by Gasteiger charge is 2.54. The molecule has 2 aliphatic rings. The van der Waals surface area contributed by atoms with Crippen LogP contribution in [0, 0.1) is 10.1 Å². The number of nitrogens with zero attached hydrogens (tertiary/aromatic N) is 2. The number of carbonyl (C=O) groups is 2. The topological polar surface area (TPSA) is 89.8 Å². The molecule has 0 aromatic heterocycles. The number of hydrogen-bond acceptors (Lipinski definition) is 5. The first-order chi connectivity index (χ1) is 13.0. The molecule has 4 rings (SSSR count). The molecule has 1 aliphatic heterocycles. The lowest BCUT2D eigenvalue weighted by molar-refractivity contribution is -0.384. The van der Waals surface area contributed by atoms with Crippen LogP contribution in [0.15, 0.2) is 42.5 Å². The molecular weight excluding hydrogens is 348 g/mol. The fraction of sp³-hybridized carbons (Fsp3) is 0.300. The van der Waals surface area contributed by atoms with Crippen LogP contribution in [-0.4, -0.2) is 34.3 Å². The summed E-state index contributed by atoms with van der Waals surface area (Å²) in [7, 11) is 1.35. The van der Waals surface area contributed by atoms with Gasteiger partial charge in [0.2, 0.25) is 0 Å². The van der Waals surface area contributed by atoms with Gasteiger partial charge in [-0.05, 0) is 54.2 Å². The first-order valence-corrected chi connectivity index (χ1v) is 8.74. The number of amides is 1. The Hall–Kier alpha value is -3.22. The monoisotopic (exact) mass is 366 g/mol. The van der Waals surface area contributed by atoms with Crippen molar-refractivity contribution in [1.82, 2.24) is 4.90 Å². The van der Waals surface area contributed by atoms with Crippen LogP contribution in [0.4, 0.5) is 5.69 Å². The van der Waals surface area contributed by atoms with E-state index in [1.54, 1.807) is 23.1 Å². The van der Waals surface area contributed by atoms with Crippen LogP contribution in [0.3, 0.4) is 0 Å². The number of methoxy groups -OCH3 is 1. The number of esters is 1. The van der Waals surface area contributed by atoms with E-state index < -0.39 is 10.5 Å². The van der Waals surface area contributed by atoms with Crippen molar-refractivity contribution in [1.29, 1.82) is 0 Å². The number of rotatable bonds is 4. The maximum Gasteiger partial charge on any atom is 0.331 e. The highest BCUT2D eigenvalue weighted by Crippen LogP contribution is 2.43. The van der Waals surface area contributed by atoms with Crippen LogP contribution in [-0.2, 0) is 16.1 Å². The van der Waals surface area contributed by atoms with Gasteiger partial charge in [-0.3, -0.25) is 14.9 Å². The second-order valence-electron chi connectivity index (χ2n) is 6.94. The molecule has 2 aromatic rings. The van der Waals surface area contributed by atoms with E-state index in [0.717, 1.165) is 23.1 Å². The zero-order valence-corrected chi connectivity index (χ0v) is 14.8. The lowest BCUT2D eigenvalue weighted by Crippen LogP contribution is -2.59. The van der Waals surface area contributed by atoms with Gasteiger partial charge < -0.3 is 9.64 Å². The molecule has 2 aromatic carbocycles. The summed E-state index contributed by atoms with van der Waals surface area (Å²) in [6.45, 7) is 0.393. The molecule has 138 valence electrons. The summed E-state index contributed by atoms with van der Waals surface area (Å²) in [5.41, 5.74) is 2.22.